The first-order valence-electron chi connectivity index (χ1n) is 4.32. The Labute approximate surface area is 91.7 Å². The molecule has 0 bridgehead atoms. The van der Waals surface area contributed by atoms with Gasteiger partial charge in [-0.25, -0.2) is 0 Å². The van der Waals surface area contributed by atoms with Gasteiger partial charge in [-0.1, -0.05) is 0 Å². The fourth-order valence-electron chi connectivity index (χ4n) is 0.846. The minimum Gasteiger partial charge on any atom is -0.394 e. The largest absolute Gasteiger partial charge is 0.394 e. The number of anilines is 2. The zero-order valence-electron chi connectivity index (χ0n) is 7.98. The molecule has 1 aromatic heterocycles. The minimum atomic E-state index is 0.00450. The molecule has 0 saturated carbocycles. The van der Waals surface area contributed by atoms with E-state index in [1.807, 2.05) is 0 Å². The molecule has 7 nitrogen and oxygen atoms in total. The molecule has 0 fully saturated rings. The van der Waals surface area contributed by atoms with E-state index >= 15 is 0 Å². The number of rotatable bonds is 6. The number of nitrogens with one attached hydrogen (secondary N) is 1. The van der Waals surface area contributed by atoms with E-state index in [4.69, 9.17) is 27.2 Å². The highest BCUT2D eigenvalue weighted by atomic mass is 35.5. The van der Waals surface area contributed by atoms with Crippen molar-refractivity contribution in [1.82, 2.24) is 15.0 Å². The maximum atomic E-state index is 8.44. The number of halogens is 1. The van der Waals surface area contributed by atoms with Crippen molar-refractivity contribution in [2.24, 2.45) is 0 Å². The average molecular weight is 234 g/mol. The second-order valence-corrected chi connectivity index (χ2v) is 2.89. The molecule has 0 aromatic carbocycles. The molecule has 0 aliphatic carbocycles. The molecule has 0 atom stereocenters. The van der Waals surface area contributed by atoms with Crippen LogP contribution in [-0.2, 0) is 4.74 Å². The van der Waals surface area contributed by atoms with Crippen molar-refractivity contribution in [2.45, 2.75) is 0 Å². The Balaban J connectivity index is 2.31. The predicted octanol–water partition coefficient (Wildman–Crippen LogP) is -0.472. The van der Waals surface area contributed by atoms with Crippen LogP contribution < -0.4 is 11.1 Å². The van der Waals surface area contributed by atoms with Crippen molar-refractivity contribution in [3.8, 4) is 0 Å². The topological polar surface area (TPSA) is 106 Å². The molecular weight excluding hydrogens is 222 g/mol. The van der Waals surface area contributed by atoms with Gasteiger partial charge in [-0.15, -0.1) is 0 Å². The predicted molar refractivity (Wildman–Crippen MR) is 55.6 cm³/mol. The van der Waals surface area contributed by atoms with Crippen LogP contribution in [-0.4, -0.2) is 46.4 Å². The molecule has 0 radical (unpaired) electrons. The number of nitrogens with zero attached hydrogens (tertiary/aromatic N) is 3. The number of ether oxygens (including phenoxy) is 1. The first-order valence-corrected chi connectivity index (χ1v) is 4.69. The van der Waals surface area contributed by atoms with Crippen LogP contribution in [0.1, 0.15) is 0 Å². The number of hydrogen-bond donors (Lipinski definition) is 3. The van der Waals surface area contributed by atoms with E-state index in [0.717, 1.165) is 0 Å². The van der Waals surface area contributed by atoms with Crippen molar-refractivity contribution in [3.63, 3.8) is 0 Å². The van der Waals surface area contributed by atoms with Gasteiger partial charge in [-0.3, -0.25) is 0 Å². The van der Waals surface area contributed by atoms with E-state index in [2.05, 4.69) is 20.3 Å². The Kier molecular flexibility index (Phi) is 5.02. The number of hydrogen-bond acceptors (Lipinski definition) is 7. The van der Waals surface area contributed by atoms with Crippen molar-refractivity contribution in [2.75, 3.05) is 37.4 Å². The van der Waals surface area contributed by atoms with Crippen LogP contribution >= 0.6 is 11.6 Å². The monoisotopic (exact) mass is 233 g/mol. The molecule has 0 spiro atoms. The third-order valence-corrected chi connectivity index (χ3v) is 1.56. The average Bonchev–Trinajstić information content (AvgIpc) is 2.16. The molecule has 1 heterocycles. The van der Waals surface area contributed by atoms with Crippen LogP contribution in [0.15, 0.2) is 0 Å². The SMILES string of the molecule is Nc1nc(Cl)nc(NCCOCCO)n1. The molecule has 84 valence electrons. The normalized spacial score (nSPS) is 10.3. The molecule has 0 amide bonds. The van der Waals surface area contributed by atoms with E-state index in [-0.39, 0.29) is 17.8 Å². The summed E-state index contributed by atoms with van der Waals surface area (Å²) in [5.74, 6) is 0.369. The van der Waals surface area contributed by atoms with Crippen molar-refractivity contribution >= 4 is 23.5 Å². The molecule has 15 heavy (non-hydrogen) atoms. The number of nitrogen functional groups attached to an aromatic ring is 1. The van der Waals surface area contributed by atoms with Gasteiger partial charge in [-0.05, 0) is 11.6 Å². The number of aliphatic hydroxyl groups excluding tert-OH is 1. The molecule has 8 heteroatoms. The summed E-state index contributed by atoms with van der Waals surface area (Å²) in [6.07, 6.45) is 0. The third kappa shape index (κ3) is 4.73. The van der Waals surface area contributed by atoms with Gasteiger partial charge in [0.25, 0.3) is 0 Å². The van der Waals surface area contributed by atoms with Crippen molar-refractivity contribution in [3.05, 3.63) is 5.28 Å². The smallest absolute Gasteiger partial charge is 0.228 e. The van der Waals surface area contributed by atoms with E-state index in [0.29, 0.717) is 25.7 Å². The maximum Gasteiger partial charge on any atom is 0.228 e. The molecule has 0 unspecified atom stereocenters. The first-order chi connectivity index (χ1) is 7.22. The number of aromatic nitrogens is 3. The summed E-state index contributed by atoms with van der Waals surface area (Å²) in [7, 11) is 0. The molecule has 0 saturated heterocycles. The molecule has 0 aliphatic heterocycles. The Bertz CT molecular complexity index is 291. The standard InChI is InChI=1S/C7H12ClN5O2/c8-5-11-6(9)13-7(12-5)10-1-3-15-4-2-14/h14H,1-4H2,(H3,9,10,11,12,13). The van der Waals surface area contributed by atoms with Gasteiger partial charge in [-0.2, -0.15) is 15.0 Å². The maximum absolute atomic E-state index is 8.44. The fraction of sp³-hybridized carbons (Fsp3) is 0.571. The second kappa shape index (κ2) is 6.33. The van der Waals surface area contributed by atoms with Crippen LogP contribution in [0, 0.1) is 0 Å². The Hall–Kier alpha value is -1.18. The Morgan fingerprint density at radius 3 is 2.80 bits per heavy atom. The zero-order chi connectivity index (χ0) is 11.1. The Morgan fingerprint density at radius 2 is 2.13 bits per heavy atom. The lowest BCUT2D eigenvalue weighted by Gasteiger charge is -2.05. The van der Waals surface area contributed by atoms with Gasteiger partial charge in [0.15, 0.2) is 0 Å². The van der Waals surface area contributed by atoms with E-state index < -0.39 is 0 Å². The summed E-state index contributed by atoms with van der Waals surface area (Å²) in [4.78, 5) is 11.2. The summed E-state index contributed by atoms with van der Waals surface area (Å²) in [5.41, 5.74) is 5.36. The summed E-state index contributed by atoms with van der Waals surface area (Å²) in [6, 6.07) is 0. The Morgan fingerprint density at radius 1 is 1.33 bits per heavy atom. The lowest BCUT2D eigenvalue weighted by Crippen LogP contribution is -2.14. The lowest BCUT2D eigenvalue weighted by atomic mass is 10.6. The van der Waals surface area contributed by atoms with Crippen LogP contribution in [0.3, 0.4) is 0 Å². The van der Waals surface area contributed by atoms with Crippen molar-refractivity contribution in [1.29, 1.82) is 0 Å². The molecule has 0 aliphatic rings. The third-order valence-electron chi connectivity index (χ3n) is 1.39. The molecule has 4 N–H and O–H groups in total. The number of aliphatic hydroxyl groups is 1. The van der Waals surface area contributed by atoms with Crippen LogP contribution in [0.2, 0.25) is 5.28 Å². The zero-order valence-corrected chi connectivity index (χ0v) is 8.74. The quantitative estimate of drug-likeness (QED) is 0.570. The summed E-state index contributed by atoms with van der Waals surface area (Å²) < 4.78 is 5.02. The highest BCUT2D eigenvalue weighted by Crippen LogP contribution is 2.05. The van der Waals surface area contributed by atoms with E-state index in [9.17, 15) is 0 Å². The fourth-order valence-corrected chi connectivity index (χ4v) is 1.01. The van der Waals surface area contributed by atoms with Crippen LogP contribution in [0.25, 0.3) is 0 Å². The van der Waals surface area contributed by atoms with Gasteiger partial charge in [0.05, 0.1) is 19.8 Å². The van der Waals surface area contributed by atoms with Gasteiger partial charge >= 0.3 is 0 Å². The van der Waals surface area contributed by atoms with Gasteiger partial charge < -0.3 is 20.9 Å². The van der Waals surface area contributed by atoms with Crippen LogP contribution in [0.4, 0.5) is 11.9 Å². The highest BCUT2D eigenvalue weighted by molar-refractivity contribution is 6.28. The van der Waals surface area contributed by atoms with Crippen molar-refractivity contribution < 1.29 is 9.84 Å². The second-order valence-electron chi connectivity index (χ2n) is 2.55. The summed E-state index contributed by atoms with van der Waals surface area (Å²) in [6.45, 7) is 1.25. The lowest BCUT2D eigenvalue weighted by molar-refractivity contribution is 0.0991. The molecule has 1 rings (SSSR count). The highest BCUT2D eigenvalue weighted by Gasteiger charge is 2.00. The van der Waals surface area contributed by atoms with E-state index in [1.165, 1.54) is 0 Å². The summed E-state index contributed by atoms with van der Waals surface area (Å²) >= 11 is 5.57. The van der Waals surface area contributed by atoms with Gasteiger partial charge in [0, 0.05) is 6.54 Å². The molecule has 1 aromatic rings. The summed E-state index contributed by atoms with van der Waals surface area (Å²) in [5, 5.41) is 11.3. The molecular formula is C7H12ClN5O2. The van der Waals surface area contributed by atoms with Gasteiger partial charge in [0.1, 0.15) is 0 Å². The van der Waals surface area contributed by atoms with Crippen LogP contribution in [0.5, 0.6) is 0 Å². The minimum absolute atomic E-state index is 0.00450. The van der Waals surface area contributed by atoms with Gasteiger partial charge in [0.2, 0.25) is 17.2 Å². The number of nitrogens with two attached hydrogens (primary N) is 1. The van der Waals surface area contributed by atoms with E-state index in [1.54, 1.807) is 0 Å². The first kappa shape index (κ1) is 11.9.